The highest BCUT2D eigenvalue weighted by Crippen LogP contribution is 2.45. The van der Waals surface area contributed by atoms with Gasteiger partial charge in [-0.05, 0) is 57.6 Å². The van der Waals surface area contributed by atoms with E-state index in [4.69, 9.17) is 15.2 Å². The van der Waals surface area contributed by atoms with Crippen molar-refractivity contribution in [1.29, 1.82) is 0 Å². The fraction of sp³-hybridized carbons (Fsp3) is 0.294. The predicted octanol–water partition coefficient (Wildman–Crippen LogP) is 4.08. The maximum atomic E-state index is 6.18. The van der Waals surface area contributed by atoms with Crippen LogP contribution in [0.15, 0.2) is 34.8 Å². The Morgan fingerprint density at radius 3 is 2.62 bits per heavy atom. The summed E-state index contributed by atoms with van der Waals surface area (Å²) in [5.74, 6) is 1.56. The van der Waals surface area contributed by atoms with Crippen molar-refractivity contribution >= 4 is 15.9 Å². The highest BCUT2D eigenvalue weighted by Gasteiger charge is 2.24. The minimum atomic E-state index is 0.146. The second-order valence-corrected chi connectivity index (χ2v) is 5.97. The Hall–Kier alpha value is -1.52. The van der Waals surface area contributed by atoms with Crippen LogP contribution in [0.2, 0.25) is 0 Å². The molecule has 4 heteroatoms. The second kappa shape index (κ2) is 5.70. The Labute approximate surface area is 133 Å². The summed E-state index contributed by atoms with van der Waals surface area (Å²) in [6.45, 7) is 0. The first-order chi connectivity index (χ1) is 10.2. The Morgan fingerprint density at radius 2 is 1.90 bits per heavy atom. The lowest BCUT2D eigenvalue weighted by Crippen LogP contribution is -2.05. The minimum Gasteiger partial charge on any atom is -0.495 e. The van der Waals surface area contributed by atoms with Crippen LogP contribution in [0, 0.1) is 0 Å². The van der Waals surface area contributed by atoms with Crippen LogP contribution in [0.25, 0.3) is 11.1 Å². The first-order valence-corrected chi connectivity index (χ1v) is 7.75. The molecule has 1 unspecified atom stereocenters. The van der Waals surface area contributed by atoms with E-state index in [1.165, 1.54) is 16.7 Å². The van der Waals surface area contributed by atoms with E-state index in [9.17, 15) is 0 Å². The van der Waals surface area contributed by atoms with Crippen LogP contribution in [0.4, 0.5) is 0 Å². The Bertz CT molecular complexity index is 685. The summed E-state index contributed by atoms with van der Waals surface area (Å²) in [7, 11) is 3.33. The van der Waals surface area contributed by atoms with Crippen molar-refractivity contribution in [1.82, 2.24) is 0 Å². The highest BCUT2D eigenvalue weighted by atomic mass is 79.9. The van der Waals surface area contributed by atoms with Crippen LogP contribution in [-0.2, 0) is 6.42 Å². The van der Waals surface area contributed by atoms with E-state index < -0.39 is 0 Å². The summed E-state index contributed by atoms with van der Waals surface area (Å²) in [6.07, 6.45) is 2.02. The summed E-state index contributed by atoms with van der Waals surface area (Å²) in [5, 5.41) is 0. The maximum absolute atomic E-state index is 6.18. The number of benzene rings is 2. The third kappa shape index (κ3) is 2.32. The van der Waals surface area contributed by atoms with Gasteiger partial charge in [0.25, 0.3) is 0 Å². The van der Waals surface area contributed by atoms with Crippen molar-refractivity contribution in [2.45, 2.75) is 18.9 Å². The van der Waals surface area contributed by atoms with E-state index in [0.29, 0.717) is 0 Å². The van der Waals surface area contributed by atoms with Crippen molar-refractivity contribution in [3.63, 3.8) is 0 Å². The standard InChI is InChI=1S/C17H18BrNO2/c1-20-15-9-7-13(17(21-2)16(15)18)10-4-3-5-12-11(10)6-8-14(12)19/h3-5,7,9,14H,6,8,19H2,1-2H3. The first-order valence-electron chi connectivity index (χ1n) is 6.95. The molecule has 110 valence electrons. The van der Waals surface area contributed by atoms with Crippen molar-refractivity contribution in [3.05, 3.63) is 45.9 Å². The zero-order chi connectivity index (χ0) is 15.0. The van der Waals surface area contributed by atoms with Crippen molar-refractivity contribution < 1.29 is 9.47 Å². The van der Waals surface area contributed by atoms with Crippen molar-refractivity contribution in [3.8, 4) is 22.6 Å². The Balaban J connectivity index is 2.21. The summed E-state index contributed by atoms with van der Waals surface area (Å²) >= 11 is 3.57. The van der Waals surface area contributed by atoms with Crippen LogP contribution in [0.3, 0.4) is 0 Å². The second-order valence-electron chi connectivity index (χ2n) is 5.18. The molecule has 0 radical (unpaired) electrons. The van der Waals surface area contributed by atoms with Gasteiger partial charge in [-0.2, -0.15) is 0 Å². The molecular weight excluding hydrogens is 330 g/mol. The summed E-state index contributed by atoms with van der Waals surface area (Å²) in [5.41, 5.74) is 11.0. The van der Waals surface area contributed by atoms with Crippen molar-refractivity contribution in [2.24, 2.45) is 5.73 Å². The average Bonchev–Trinajstić information content (AvgIpc) is 2.88. The van der Waals surface area contributed by atoms with Gasteiger partial charge in [0.2, 0.25) is 0 Å². The van der Waals surface area contributed by atoms with Crippen LogP contribution in [-0.4, -0.2) is 14.2 Å². The van der Waals surface area contributed by atoms with Gasteiger partial charge in [-0.15, -0.1) is 0 Å². The lowest BCUT2D eigenvalue weighted by molar-refractivity contribution is 0.390. The van der Waals surface area contributed by atoms with Gasteiger partial charge >= 0.3 is 0 Å². The minimum absolute atomic E-state index is 0.146. The number of nitrogens with two attached hydrogens (primary N) is 1. The molecule has 0 heterocycles. The average molecular weight is 348 g/mol. The van der Waals surface area contributed by atoms with E-state index in [1.54, 1.807) is 14.2 Å². The first kappa shape index (κ1) is 14.4. The Morgan fingerprint density at radius 1 is 1.10 bits per heavy atom. The van der Waals surface area contributed by atoms with Gasteiger partial charge in [-0.3, -0.25) is 0 Å². The molecule has 2 N–H and O–H groups in total. The molecule has 0 saturated heterocycles. The normalized spacial score (nSPS) is 16.7. The maximum Gasteiger partial charge on any atom is 0.144 e. The summed E-state index contributed by atoms with van der Waals surface area (Å²) in [4.78, 5) is 0. The molecule has 1 atom stereocenters. The van der Waals surface area contributed by atoms with Crippen molar-refractivity contribution in [2.75, 3.05) is 14.2 Å². The molecule has 0 aliphatic heterocycles. The van der Waals surface area contributed by atoms with Gasteiger partial charge in [0, 0.05) is 11.6 Å². The van der Waals surface area contributed by atoms with Gasteiger partial charge in [0.15, 0.2) is 0 Å². The molecule has 3 nitrogen and oxygen atoms in total. The van der Waals surface area contributed by atoms with Gasteiger partial charge < -0.3 is 15.2 Å². The lowest BCUT2D eigenvalue weighted by atomic mass is 9.95. The van der Waals surface area contributed by atoms with E-state index in [1.807, 2.05) is 12.1 Å². The summed E-state index contributed by atoms with van der Waals surface area (Å²) in [6, 6.07) is 10.5. The number of hydrogen-bond acceptors (Lipinski definition) is 3. The fourth-order valence-corrected chi connectivity index (χ4v) is 3.72. The SMILES string of the molecule is COc1ccc(-c2cccc3c2CCC3N)c(OC)c1Br. The fourth-order valence-electron chi connectivity index (χ4n) is 3.05. The molecule has 3 rings (SSSR count). The zero-order valence-electron chi connectivity index (χ0n) is 12.2. The molecule has 2 aromatic carbocycles. The van der Waals surface area contributed by atoms with Crippen LogP contribution >= 0.6 is 15.9 Å². The largest absolute Gasteiger partial charge is 0.495 e. The Kier molecular flexibility index (Phi) is 3.91. The molecule has 2 aromatic rings. The van der Waals surface area contributed by atoms with E-state index in [-0.39, 0.29) is 6.04 Å². The molecule has 0 bridgehead atoms. The molecule has 0 aromatic heterocycles. The van der Waals surface area contributed by atoms with Gasteiger partial charge in [-0.1, -0.05) is 18.2 Å². The van der Waals surface area contributed by atoms with Crippen LogP contribution < -0.4 is 15.2 Å². The number of ether oxygens (including phenoxy) is 2. The summed E-state index contributed by atoms with van der Waals surface area (Å²) < 4.78 is 11.8. The number of rotatable bonds is 3. The van der Waals surface area contributed by atoms with Gasteiger partial charge in [0.05, 0.1) is 14.2 Å². The third-order valence-electron chi connectivity index (χ3n) is 4.09. The topological polar surface area (TPSA) is 44.5 Å². The molecule has 21 heavy (non-hydrogen) atoms. The van der Waals surface area contributed by atoms with Gasteiger partial charge in [0.1, 0.15) is 16.0 Å². The quantitative estimate of drug-likeness (QED) is 0.909. The number of halogens is 1. The highest BCUT2D eigenvalue weighted by molar-refractivity contribution is 9.10. The molecule has 0 amide bonds. The monoisotopic (exact) mass is 347 g/mol. The van der Waals surface area contributed by atoms with E-state index >= 15 is 0 Å². The molecular formula is C17H18BrNO2. The molecule has 0 fully saturated rings. The number of fused-ring (bicyclic) bond motifs is 1. The molecule has 1 aliphatic carbocycles. The smallest absolute Gasteiger partial charge is 0.144 e. The number of methoxy groups -OCH3 is 2. The molecule has 1 aliphatic rings. The zero-order valence-corrected chi connectivity index (χ0v) is 13.7. The lowest BCUT2D eigenvalue weighted by Gasteiger charge is -2.16. The molecule has 0 spiro atoms. The predicted molar refractivity (Wildman–Crippen MR) is 87.9 cm³/mol. The van der Waals surface area contributed by atoms with Crippen LogP contribution in [0.1, 0.15) is 23.6 Å². The van der Waals surface area contributed by atoms with E-state index in [2.05, 4.69) is 34.1 Å². The number of hydrogen-bond donors (Lipinski definition) is 1. The van der Waals surface area contributed by atoms with Gasteiger partial charge in [-0.25, -0.2) is 0 Å². The van der Waals surface area contributed by atoms with E-state index in [0.717, 1.165) is 34.4 Å². The third-order valence-corrected chi connectivity index (χ3v) is 4.84. The molecule has 0 saturated carbocycles. The van der Waals surface area contributed by atoms with Crippen LogP contribution in [0.5, 0.6) is 11.5 Å².